The Morgan fingerprint density at radius 3 is 2.62 bits per heavy atom. The van der Waals surface area contributed by atoms with Crippen LogP contribution in [0.4, 0.5) is 4.79 Å². The van der Waals surface area contributed by atoms with Crippen molar-refractivity contribution in [3.05, 3.63) is 0 Å². The Labute approximate surface area is 126 Å². The molecule has 1 aliphatic carbocycles. The van der Waals surface area contributed by atoms with Crippen molar-refractivity contribution in [3.8, 4) is 0 Å². The van der Waals surface area contributed by atoms with Gasteiger partial charge < -0.3 is 15.7 Å². The molecule has 120 valence electrons. The van der Waals surface area contributed by atoms with Gasteiger partial charge in [-0.15, -0.1) is 0 Å². The largest absolute Gasteiger partial charge is 0.481 e. The first-order valence-corrected chi connectivity index (χ1v) is 7.95. The molecule has 1 heterocycles. The molecule has 21 heavy (non-hydrogen) atoms. The molecule has 2 aliphatic rings. The summed E-state index contributed by atoms with van der Waals surface area (Å²) in [5.41, 5.74) is -0.835. The Morgan fingerprint density at radius 2 is 2.00 bits per heavy atom. The average molecular weight is 297 g/mol. The van der Waals surface area contributed by atoms with E-state index >= 15 is 0 Å². The van der Waals surface area contributed by atoms with Crippen LogP contribution in [0.2, 0.25) is 0 Å². The minimum atomic E-state index is -0.835. The molecule has 2 rings (SSSR count). The molecule has 0 radical (unpaired) electrons. The van der Waals surface area contributed by atoms with Gasteiger partial charge in [-0.25, -0.2) is 4.79 Å². The van der Waals surface area contributed by atoms with E-state index in [1.807, 2.05) is 0 Å². The molecule has 1 saturated heterocycles. The lowest BCUT2D eigenvalue weighted by atomic mass is 9.85. The lowest BCUT2D eigenvalue weighted by Crippen LogP contribution is -2.52. The normalized spacial score (nSPS) is 31.0. The molecule has 1 aliphatic heterocycles. The molecule has 2 fully saturated rings. The van der Waals surface area contributed by atoms with Crippen molar-refractivity contribution in [1.29, 1.82) is 0 Å². The number of nitrogens with zero attached hydrogens (tertiary/aromatic N) is 1. The SMILES string of the molecule is CC(CNC(=O)NC1CCCC1(C)C(=O)O)N1CCCC1. The van der Waals surface area contributed by atoms with Gasteiger partial charge in [0.05, 0.1) is 5.41 Å². The number of rotatable bonds is 5. The Hall–Kier alpha value is -1.30. The van der Waals surface area contributed by atoms with Crippen molar-refractivity contribution < 1.29 is 14.7 Å². The van der Waals surface area contributed by atoms with Crippen LogP contribution in [0.15, 0.2) is 0 Å². The van der Waals surface area contributed by atoms with Gasteiger partial charge in [0.2, 0.25) is 0 Å². The van der Waals surface area contributed by atoms with Crippen molar-refractivity contribution >= 4 is 12.0 Å². The van der Waals surface area contributed by atoms with E-state index in [2.05, 4.69) is 22.5 Å². The van der Waals surface area contributed by atoms with Crippen LogP contribution in [0.3, 0.4) is 0 Å². The zero-order chi connectivity index (χ0) is 15.5. The predicted molar refractivity (Wildman–Crippen MR) is 80.2 cm³/mol. The lowest BCUT2D eigenvalue weighted by molar-refractivity contribution is -0.148. The third-order valence-corrected chi connectivity index (χ3v) is 5.07. The fraction of sp³-hybridized carbons (Fsp3) is 0.867. The Morgan fingerprint density at radius 1 is 1.33 bits per heavy atom. The number of aliphatic carboxylic acids is 1. The molecule has 0 bridgehead atoms. The first-order chi connectivity index (χ1) is 9.93. The van der Waals surface area contributed by atoms with Crippen molar-refractivity contribution in [2.24, 2.45) is 5.41 Å². The lowest BCUT2D eigenvalue weighted by Gasteiger charge is -2.28. The number of likely N-dealkylation sites (tertiary alicyclic amines) is 1. The number of carboxylic acids is 1. The second-order valence-corrected chi connectivity index (χ2v) is 6.61. The van der Waals surface area contributed by atoms with E-state index in [1.54, 1.807) is 6.92 Å². The molecular formula is C15H27N3O3. The van der Waals surface area contributed by atoms with Crippen LogP contribution in [-0.2, 0) is 4.79 Å². The predicted octanol–water partition coefficient (Wildman–Crippen LogP) is 1.41. The van der Waals surface area contributed by atoms with Gasteiger partial charge in [-0.2, -0.15) is 0 Å². The number of nitrogens with one attached hydrogen (secondary N) is 2. The standard InChI is InChI=1S/C15H27N3O3/c1-11(18-8-3-4-9-18)10-16-14(21)17-12-6-5-7-15(12,2)13(19)20/h11-12H,3-10H2,1-2H3,(H,19,20)(H2,16,17,21). The summed E-state index contributed by atoms with van der Waals surface area (Å²) >= 11 is 0. The van der Waals surface area contributed by atoms with Gasteiger partial charge in [-0.1, -0.05) is 6.42 Å². The minimum Gasteiger partial charge on any atom is -0.481 e. The van der Waals surface area contributed by atoms with Gasteiger partial charge in [-0.3, -0.25) is 9.69 Å². The maximum absolute atomic E-state index is 12.0. The molecule has 1 saturated carbocycles. The van der Waals surface area contributed by atoms with E-state index in [4.69, 9.17) is 0 Å². The molecule has 0 aromatic carbocycles. The summed E-state index contributed by atoms with van der Waals surface area (Å²) in [6.45, 7) is 6.64. The van der Waals surface area contributed by atoms with Crippen molar-refractivity contribution in [1.82, 2.24) is 15.5 Å². The summed E-state index contributed by atoms with van der Waals surface area (Å²) in [4.78, 5) is 25.7. The van der Waals surface area contributed by atoms with Gasteiger partial charge in [-0.05, 0) is 52.6 Å². The summed E-state index contributed by atoms with van der Waals surface area (Å²) < 4.78 is 0. The Kier molecular flexibility index (Phi) is 5.08. The van der Waals surface area contributed by atoms with Crippen LogP contribution in [0, 0.1) is 5.41 Å². The summed E-state index contributed by atoms with van der Waals surface area (Å²) in [7, 11) is 0. The zero-order valence-corrected chi connectivity index (χ0v) is 13.0. The minimum absolute atomic E-state index is 0.250. The molecule has 3 atom stereocenters. The van der Waals surface area contributed by atoms with Crippen molar-refractivity contribution in [3.63, 3.8) is 0 Å². The number of urea groups is 1. The molecule has 0 aromatic heterocycles. The smallest absolute Gasteiger partial charge is 0.315 e. The first kappa shape index (κ1) is 16.1. The molecule has 2 amide bonds. The Balaban J connectivity index is 1.77. The van der Waals surface area contributed by atoms with Gasteiger partial charge in [0.25, 0.3) is 0 Å². The Bertz CT molecular complexity index is 396. The maximum atomic E-state index is 12.0. The van der Waals surface area contributed by atoms with Crippen LogP contribution in [0.25, 0.3) is 0 Å². The molecule has 6 heteroatoms. The second kappa shape index (κ2) is 6.64. The number of carbonyl (C=O) groups is 2. The number of hydrogen-bond acceptors (Lipinski definition) is 3. The summed E-state index contributed by atoms with van der Waals surface area (Å²) in [6, 6.07) is -0.204. The molecule has 3 N–H and O–H groups in total. The van der Waals surface area contributed by atoms with Crippen molar-refractivity contribution in [2.45, 2.75) is 58.0 Å². The monoisotopic (exact) mass is 297 g/mol. The van der Waals surface area contributed by atoms with Gasteiger partial charge in [0, 0.05) is 18.6 Å². The zero-order valence-electron chi connectivity index (χ0n) is 13.0. The van der Waals surface area contributed by atoms with Crippen LogP contribution in [-0.4, -0.2) is 53.7 Å². The molecule has 6 nitrogen and oxygen atoms in total. The topological polar surface area (TPSA) is 81.7 Å². The van der Waals surface area contributed by atoms with E-state index in [9.17, 15) is 14.7 Å². The molecule has 3 unspecified atom stereocenters. The highest BCUT2D eigenvalue weighted by Crippen LogP contribution is 2.38. The summed E-state index contributed by atoms with van der Waals surface area (Å²) in [5.74, 6) is -0.823. The van der Waals surface area contributed by atoms with Crippen LogP contribution >= 0.6 is 0 Å². The fourth-order valence-corrected chi connectivity index (χ4v) is 3.41. The highest BCUT2D eigenvalue weighted by molar-refractivity contribution is 5.79. The number of amides is 2. The van der Waals surface area contributed by atoms with Crippen LogP contribution < -0.4 is 10.6 Å². The fourth-order valence-electron chi connectivity index (χ4n) is 3.41. The number of carboxylic acid groups (broad SMARTS) is 1. The highest BCUT2D eigenvalue weighted by Gasteiger charge is 2.45. The van der Waals surface area contributed by atoms with Crippen LogP contribution in [0.5, 0.6) is 0 Å². The number of hydrogen-bond donors (Lipinski definition) is 3. The van der Waals surface area contributed by atoms with Gasteiger partial charge in [0.15, 0.2) is 0 Å². The van der Waals surface area contributed by atoms with E-state index in [1.165, 1.54) is 12.8 Å². The molecule has 0 aromatic rings. The maximum Gasteiger partial charge on any atom is 0.315 e. The average Bonchev–Trinajstić information content (AvgIpc) is 3.07. The van der Waals surface area contributed by atoms with Crippen LogP contribution in [0.1, 0.15) is 46.0 Å². The summed E-state index contributed by atoms with van der Waals surface area (Å²) in [6.07, 6.45) is 4.67. The number of carbonyl (C=O) groups excluding carboxylic acids is 1. The van der Waals surface area contributed by atoms with Gasteiger partial charge in [0.1, 0.15) is 0 Å². The van der Waals surface area contributed by atoms with E-state index in [0.717, 1.165) is 25.9 Å². The van der Waals surface area contributed by atoms with E-state index in [-0.39, 0.29) is 12.1 Å². The highest BCUT2D eigenvalue weighted by atomic mass is 16.4. The third-order valence-electron chi connectivity index (χ3n) is 5.07. The van der Waals surface area contributed by atoms with E-state index in [0.29, 0.717) is 19.0 Å². The van der Waals surface area contributed by atoms with E-state index < -0.39 is 11.4 Å². The molecule has 0 spiro atoms. The second-order valence-electron chi connectivity index (χ2n) is 6.61. The quantitative estimate of drug-likeness (QED) is 0.716. The third kappa shape index (κ3) is 3.67. The first-order valence-electron chi connectivity index (χ1n) is 7.95. The van der Waals surface area contributed by atoms with Gasteiger partial charge >= 0.3 is 12.0 Å². The summed E-state index contributed by atoms with van der Waals surface area (Å²) in [5, 5.41) is 15.1. The van der Waals surface area contributed by atoms with Crippen molar-refractivity contribution in [2.75, 3.05) is 19.6 Å². The molecular weight excluding hydrogens is 270 g/mol.